The van der Waals surface area contributed by atoms with Crippen molar-refractivity contribution in [2.24, 2.45) is 0 Å². The molecule has 0 unspecified atom stereocenters. The molecule has 26 heavy (non-hydrogen) atoms. The van der Waals surface area contributed by atoms with E-state index >= 15 is 0 Å². The van der Waals surface area contributed by atoms with Crippen LogP contribution in [0.1, 0.15) is 49.7 Å². The van der Waals surface area contributed by atoms with Gasteiger partial charge in [-0.25, -0.2) is 0 Å². The Hall–Kier alpha value is -2.29. The van der Waals surface area contributed by atoms with Crippen LogP contribution >= 0.6 is 0 Å². The molecule has 1 N–H and O–H groups in total. The quantitative estimate of drug-likeness (QED) is 0.343. The van der Waals surface area contributed by atoms with Crippen molar-refractivity contribution >= 4 is 17.8 Å². The fourth-order valence-corrected chi connectivity index (χ4v) is 2.72. The zero-order valence-corrected chi connectivity index (χ0v) is 15.7. The van der Waals surface area contributed by atoms with Gasteiger partial charge in [0.05, 0.1) is 13.3 Å². The van der Waals surface area contributed by atoms with Crippen LogP contribution in [0.2, 0.25) is 0 Å². The third kappa shape index (κ3) is 7.73. The number of ether oxygens (including phenoxy) is 1. The predicted octanol–water partition coefficient (Wildman–Crippen LogP) is 6.59. The van der Waals surface area contributed by atoms with Crippen molar-refractivity contribution in [2.75, 3.05) is 25.6 Å². The van der Waals surface area contributed by atoms with Gasteiger partial charge in [-0.3, -0.25) is 4.39 Å². The van der Waals surface area contributed by atoms with Crippen molar-refractivity contribution in [3.63, 3.8) is 0 Å². The number of rotatable bonds is 12. The topological polar surface area (TPSA) is 21.3 Å². The Balaban J connectivity index is 1.68. The highest BCUT2D eigenvalue weighted by atomic mass is 19.1. The van der Waals surface area contributed by atoms with Crippen molar-refractivity contribution in [2.45, 2.75) is 38.5 Å². The largest absolute Gasteiger partial charge is 0.494 e. The molecule has 0 radical (unpaired) electrons. The molecule has 0 bridgehead atoms. The van der Waals surface area contributed by atoms with Crippen molar-refractivity contribution in [1.29, 1.82) is 0 Å². The Morgan fingerprint density at radius 1 is 0.769 bits per heavy atom. The maximum atomic E-state index is 12.0. The van der Waals surface area contributed by atoms with Crippen molar-refractivity contribution in [1.82, 2.24) is 0 Å². The summed E-state index contributed by atoms with van der Waals surface area (Å²) in [4.78, 5) is 0. The van der Waals surface area contributed by atoms with Gasteiger partial charge >= 0.3 is 0 Å². The molecule has 3 heteroatoms. The average Bonchev–Trinajstić information content (AvgIpc) is 2.69. The van der Waals surface area contributed by atoms with Gasteiger partial charge in [-0.1, -0.05) is 62.1 Å². The van der Waals surface area contributed by atoms with Crippen LogP contribution in [0, 0.1) is 0 Å². The number of nitrogens with one attached hydrogen (secondary N) is 1. The minimum atomic E-state index is -0.184. The number of hydrogen-bond acceptors (Lipinski definition) is 2. The number of alkyl halides is 1. The summed E-state index contributed by atoms with van der Waals surface area (Å²) in [5.41, 5.74) is 3.45. The lowest BCUT2D eigenvalue weighted by molar-refractivity contribution is 0.304. The normalized spacial score (nSPS) is 11.0. The van der Waals surface area contributed by atoms with Gasteiger partial charge < -0.3 is 10.1 Å². The molecule has 0 aliphatic rings. The van der Waals surface area contributed by atoms with Gasteiger partial charge in [0, 0.05) is 12.7 Å². The maximum Gasteiger partial charge on any atom is 0.119 e. The van der Waals surface area contributed by atoms with Crippen LogP contribution in [0.15, 0.2) is 48.5 Å². The van der Waals surface area contributed by atoms with Crippen molar-refractivity contribution in [3.8, 4) is 5.75 Å². The van der Waals surface area contributed by atoms with E-state index in [0.29, 0.717) is 6.42 Å². The second kappa shape index (κ2) is 12.1. The van der Waals surface area contributed by atoms with Crippen LogP contribution < -0.4 is 10.1 Å². The summed E-state index contributed by atoms with van der Waals surface area (Å²) in [7, 11) is 1.92. The lowest BCUT2D eigenvalue weighted by Crippen LogP contribution is -1.97. The highest BCUT2D eigenvalue weighted by Gasteiger charge is 1.96. The number of hydrogen-bond donors (Lipinski definition) is 1. The molecule has 0 saturated heterocycles. The van der Waals surface area contributed by atoms with Gasteiger partial charge in [-0.2, -0.15) is 0 Å². The summed E-state index contributed by atoms with van der Waals surface area (Å²) >= 11 is 0. The first-order chi connectivity index (χ1) is 12.8. The SMILES string of the molecule is CNc1ccc(/C=C/c2ccc(OCCCCCCCCF)cc2)cc1. The molecule has 140 valence electrons. The molecule has 2 rings (SSSR count). The monoisotopic (exact) mass is 355 g/mol. The van der Waals surface area contributed by atoms with E-state index < -0.39 is 0 Å². The summed E-state index contributed by atoms with van der Waals surface area (Å²) < 4.78 is 17.8. The Labute approximate surface area is 157 Å². The lowest BCUT2D eigenvalue weighted by atomic mass is 10.1. The van der Waals surface area contributed by atoms with E-state index in [2.05, 4.69) is 53.9 Å². The molecule has 0 atom stereocenters. The van der Waals surface area contributed by atoms with E-state index in [0.717, 1.165) is 49.3 Å². The molecule has 0 fully saturated rings. The molecule has 2 aromatic rings. The highest BCUT2D eigenvalue weighted by molar-refractivity contribution is 5.70. The molecule has 0 aliphatic heterocycles. The molecule has 0 saturated carbocycles. The summed E-state index contributed by atoms with van der Waals surface area (Å²) in [5.74, 6) is 0.915. The van der Waals surface area contributed by atoms with E-state index in [1.807, 2.05) is 19.2 Å². The Kier molecular flexibility index (Phi) is 9.34. The van der Waals surface area contributed by atoms with E-state index in [1.54, 1.807) is 0 Å². The van der Waals surface area contributed by atoms with Crippen molar-refractivity contribution in [3.05, 3.63) is 59.7 Å². The Bertz CT molecular complexity index is 634. The number of unbranched alkanes of at least 4 members (excludes halogenated alkanes) is 5. The predicted molar refractivity (Wildman–Crippen MR) is 111 cm³/mol. The maximum absolute atomic E-state index is 12.0. The Morgan fingerprint density at radius 3 is 1.88 bits per heavy atom. The van der Waals surface area contributed by atoms with Gasteiger partial charge in [0.15, 0.2) is 0 Å². The fourth-order valence-electron chi connectivity index (χ4n) is 2.72. The molecule has 0 heterocycles. The smallest absolute Gasteiger partial charge is 0.119 e. The number of anilines is 1. The summed E-state index contributed by atoms with van der Waals surface area (Å²) in [6, 6.07) is 16.5. The molecule has 0 aromatic heterocycles. The minimum Gasteiger partial charge on any atom is -0.494 e. The van der Waals surface area contributed by atoms with Gasteiger partial charge in [-0.15, -0.1) is 0 Å². The van der Waals surface area contributed by atoms with Crippen molar-refractivity contribution < 1.29 is 9.13 Å². The minimum absolute atomic E-state index is 0.184. The molecular weight excluding hydrogens is 325 g/mol. The molecule has 0 spiro atoms. The van der Waals surface area contributed by atoms with E-state index in [1.165, 1.54) is 12.0 Å². The zero-order valence-electron chi connectivity index (χ0n) is 15.7. The van der Waals surface area contributed by atoms with Crippen LogP contribution in [0.4, 0.5) is 10.1 Å². The van der Waals surface area contributed by atoms with Gasteiger partial charge in [0.2, 0.25) is 0 Å². The third-order valence-corrected chi connectivity index (χ3v) is 4.34. The highest BCUT2D eigenvalue weighted by Crippen LogP contribution is 2.16. The second-order valence-electron chi connectivity index (χ2n) is 6.43. The van der Waals surface area contributed by atoms with Crippen LogP contribution in [0.3, 0.4) is 0 Å². The number of benzene rings is 2. The zero-order chi connectivity index (χ0) is 18.5. The van der Waals surface area contributed by atoms with Gasteiger partial charge in [0.25, 0.3) is 0 Å². The second-order valence-corrected chi connectivity index (χ2v) is 6.43. The van der Waals surface area contributed by atoms with Crippen LogP contribution in [0.25, 0.3) is 12.2 Å². The summed E-state index contributed by atoms with van der Waals surface area (Å²) in [6.45, 7) is 0.563. The van der Waals surface area contributed by atoms with Crippen LogP contribution in [0.5, 0.6) is 5.75 Å². The van der Waals surface area contributed by atoms with Gasteiger partial charge in [-0.05, 0) is 48.2 Å². The first kappa shape index (κ1) is 20.0. The number of halogens is 1. The fraction of sp³-hybridized carbons (Fsp3) is 0.391. The van der Waals surface area contributed by atoms with E-state index in [9.17, 15) is 4.39 Å². The summed E-state index contributed by atoms with van der Waals surface area (Å²) in [6.07, 6.45) is 10.4. The summed E-state index contributed by atoms with van der Waals surface area (Å²) in [5, 5.41) is 3.12. The van der Waals surface area contributed by atoms with E-state index in [-0.39, 0.29) is 6.67 Å². The Morgan fingerprint density at radius 2 is 1.31 bits per heavy atom. The molecule has 2 aromatic carbocycles. The molecular formula is C23H30FNO. The van der Waals surface area contributed by atoms with Gasteiger partial charge in [0.1, 0.15) is 5.75 Å². The van der Waals surface area contributed by atoms with Crippen LogP contribution in [-0.2, 0) is 0 Å². The standard InChI is InChI=1S/C23H30FNO/c1-25-22-14-10-20(11-15-22)8-9-21-12-16-23(17-13-21)26-19-7-5-3-2-4-6-18-24/h8-17,25H,2-7,18-19H2,1H3/b9-8+. The first-order valence-corrected chi connectivity index (χ1v) is 9.56. The van der Waals surface area contributed by atoms with E-state index in [4.69, 9.17) is 4.74 Å². The molecule has 2 nitrogen and oxygen atoms in total. The first-order valence-electron chi connectivity index (χ1n) is 9.56. The molecule has 0 aliphatic carbocycles. The third-order valence-electron chi connectivity index (χ3n) is 4.34. The van der Waals surface area contributed by atoms with Crippen LogP contribution in [-0.4, -0.2) is 20.3 Å². The average molecular weight is 355 g/mol. The lowest BCUT2D eigenvalue weighted by Gasteiger charge is -2.06. The molecule has 0 amide bonds.